The Hall–Kier alpha value is -1.82. The van der Waals surface area contributed by atoms with Crippen LogP contribution in [0.5, 0.6) is 0 Å². The quantitative estimate of drug-likeness (QED) is 0.844. The summed E-state index contributed by atoms with van der Waals surface area (Å²) in [5.74, 6) is -0.127. The molecule has 2 rings (SSSR count). The maximum absolute atomic E-state index is 12.4. The van der Waals surface area contributed by atoms with Gasteiger partial charge in [0.25, 0.3) is 0 Å². The van der Waals surface area contributed by atoms with E-state index in [-0.39, 0.29) is 24.2 Å². The van der Waals surface area contributed by atoms with Crippen molar-refractivity contribution in [1.29, 1.82) is 0 Å². The van der Waals surface area contributed by atoms with Crippen LogP contribution in [0, 0.1) is 6.92 Å². The number of amides is 1. The molecule has 1 aromatic carbocycles. The number of likely N-dealkylation sites (N-methyl/N-ethyl adjacent to an activating group) is 1. The third kappa shape index (κ3) is 3.68. The minimum atomic E-state index is -3.11. The standard InChI is InChI=1S/C16H22N2O3S/c1-12-9-18(15-8-6-5-7-14(12)15)10-16(19)17(3)13(2)11-22(4,20)21/h5-9,13H,10-11H2,1-4H3. The van der Waals surface area contributed by atoms with Crippen LogP contribution in [0.25, 0.3) is 10.9 Å². The predicted molar refractivity (Wildman–Crippen MR) is 88.6 cm³/mol. The second kappa shape index (κ2) is 6.12. The van der Waals surface area contributed by atoms with Crippen LogP contribution in [0.4, 0.5) is 0 Å². The average molecular weight is 322 g/mol. The van der Waals surface area contributed by atoms with E-state index in [1.165, 1.54) is 11.2 Å². The summed E-state index contributed by atoms with van der Waals surface area (Å²) >= 11 is 0. The average Bonchev–Trinajstić information content (AvgIpc) is 2.73. The molecule has 0 aliphatic carbocycles. The fourth-order valence-corrected chi connectivity index (χ4v) is 3.71. The lowest BCUT2D eigenvalue weighted by molar-refractivity contribution is -0.131. The van der Waals surface area contributed by atoms with Gasteiger partial charge in [-0.3, -0.25) is 4.79 Å². The predicted octanol–water partition coefficient (Wildman–Crippen LogP) is 1.84. The third-order valence-corrected chi connectivity index (χ3v) is 4.98. The van der Waals surface area contributed by atoms with Crippen molar-refractivity contribution in [2.75, 3.05) is 19.1 Å². The van der Waals surface area contributed by atoms with Crippen LogP contribution in [0.15, 0.2) is 30.5 Å². The highest BCUT2D eigenvalue weighted by Crippen LogP contribution is 2.20. The third-order valence-electron chi connectivity index (χ3n) is 3.89. The maximum atomic E-state index is 12.4. The van der Waals surface area contributed by atoms with Crippen molar-refractivity contribution in [3.05, 3.63) is 36.0 Å². The number of nitrogens with zero attached hydrogens (tertiary/aromatic N) is 2. The molecule has 0 aliphatic rings. The summed E-state index contributed by atoms with van der Waals surface area (Å²) in [6.07, 6.45) is 3.14. The highest BCUT2D eigenvalue weighted by molar-refractivity contribution is 7.90. The zero-order chi connectivity index (χ0) is 16.5. The van der Waals surface area contributed by atoms with Gasteiger partial charge in [-0.05, 0) is 25.5 Å². The lowest BCUT2D eigenvalue weighted by Gasteiger charge is -2.24. The number of benzene rings is 1. The Bertz CT molecular complexity index is 793. The van der Waals surface area contributed by atoms with Gasteiger partial charge >= 0.3 is 0 Å². The monoisotopic (exact) mass is 322 g/mol. The van der Waals surface area contributed by atoms with Gasteiger partial charge in [0, 0.05) is 36.4 Å². The largest absolute Gasteiger partial charge is 0.340 e. The number of sulfone groups is 1. The van der Waals surface area contributed by atoms with Crippen molar-refractivity contribution in [2.24, 2.45) is 0 Å². The fourth-order valence-electron chi connectivity index (χ4n) is 2.61. The van der Waals surface area contributed by atoms with Crippen LogP contribution in [-0.2, 0) is 21.2 Å². The summed E-state index contributed by atoms with van der Waals surface area (Å²) in [4.78, 5) is 13.9. The minimum absolute atomic E-state index is 0.0271. The Labute approximate surface area is 131 Å². The molecule has 1 amide bonds. The molecule has 1 atom stereocenters. The van der Waals surface area contributed by atoms with E-state index in [1.807, 2.05) is 42.0 Å². The van der Waals surface area contributed by atoms with Crippen LogP contribution in [-0.4, -0.2) is 48.9 Å². The minimum Gasteiger partial charge on any atom is -0.340 e. The molecule has 5 nitrogen and oxygen atoms in total. The molecule has 120 valence electrons. The molecule has 0 spiro atoms. The van der Waals surface area contributed by atoms with Crippen molar-refractivity contribution in [2.45, 2.75) is 26.4 Å². The molecule has 1 aromatic heterocycles. The molecular formula is C16H22N2O3S. The van der Waals surface area contributed by atoms with E-state index in [2.05, 4.69) is 0 Å². The summed E-state index contributed by atoms with van der Waals surface area (Å²) in [5.41, 5.74) is 2.13. The fraction of sp³-hybridized carbons (Fsp3) is 0.438. The number of aromatic nitrogens is 1. The van der Waals surface area contributed by atoms with Crippen molar-refractivity contribution >= 4 is 26.6 Å². The van der Waals surface area contributed by atoms with Crippen molar-refractivity contribution < 1.29 is 13.2 Å². The van der Waals surface area contributed by atoms with Gasteiger partial charge in [-0.1, -0.05) is 18.2 Å². The molecule has 1 unspecified atom stereocenters. The molecule has 0 fully saturated rings. The molecule has 0 aliphatic heterocycles. The SMILES string of the molecule is Cc1cn(CC(=O)N(C)C(C)CS(C)(=O)=O)c2ccccc12. The van der Waals surface area contributed by atoms with E-state index in [0.29, 0.717) is 0 Å². The summed E-state index contributed by atoms with van der Waals surface area (Å²) in [7, 11) is -1.46. The molecule has 0 saturated heterocycles. The Morgan fingerprint density at radius 2 is 1.95 bits per heavy atom. The number of rotatable bonds is 5. The smallest absolute Gasteiger partial charge is 0.242 e. The Balaban J connectivity index is 2.17. The zero-order valence-corrected chi connectivity index (χ0v) is 14.2. The molecule has 6 heteroatoms. The van der Waals surface area contributed by atoms with Gasteiger partial charge in [-0.15, -0.1) is 0 Å². The van der Waals surface area contributed by atoms with Crippen LogP contribution >= 0.6 is 0 Å². The number of fused-ring (bicyclic) bond motifs is 1. The highest BCUT2D eigenvalue weighted by atomic mass is 32.2. The molecule has 22 heavy (non-hydrogen) atoms. The van der Waals surface area contributed by atoms with Gasteiger partial charge in [0.2, 0.25) is 5.91 Å². The van der Waals surface area contributed by atoms with Crippen molar-refractivity contribution in [3.8, 4) is 0 Å². The molecule has 0 saturated carbocycles. The van der Waals surface area contributed by atoms with Crippen molar-refractivity contribution in [1.82, 2.24) is 9.47 Å². The van der Waals surface area contributed by atoms with Crippen LogP contribution in [0.1, 0.15) is 12.5 Å². The van der Waals surface area contributed by atoms with Crippen LogP contribution in [0.2, 0.25) is 0 Å². The van der Waals surface area contributed by atoms with E-state index in [9.17, 15) is 13.2 Å². The van der Waals surface area contributed by atoms with Gasteiger partial charge in [-0.2, -0.15) is 0 Å². The first-order valence-corrected chi connectivity index (χ1v) is 9.23. The second-order valence-electron chi connectivity index (χ2n) is 5.90. The molecular weight excluding hydrogens is 300 g/mol. The van der Waals surface area contributed by atoms with E-state index in [4.69, 9.17) is 0 Å². The second-order valence-corrected chi connectivity index (χ2v) is 8.09. The van der Waals surface area contributed by atoms with Crippen LogP contribution in [0.3, 0.4) is 0 Å². The first kappa shape index (κ1) is 16.5. The summed E-state index contributed by atoms with van der Waals surface area (Å²) < 4.78 is 24.6. The number of hydrogen-bond donors (Lipinski definition) is 0. The first-order chi connectivity index (χ1) is 10.2. The van der Waals surface area contributed by atoms with Gasteiger partial charge < -0.3 is 9.47 Å². The number of aryl methyl sites for hydroxylation is 1. The molecule has 1 heterocycles. The van der Waals surface area contributed by atoms with Gasteiger partial charge in [-0.25, -0.2) is 8.42 Å². The first-order valence-electron chi connectivity index (χ1n) is 7.17. The number of carbonyl (C=O) groups excluding carboxylic acids is 1. The Kier molecular flexibility index (Phi) is 4.60. The van der Waals surface area contributed by atoms with E-state index in [0.717, 1.165) is 16.5 Å². The summed E-state index contributed by atoms with van der Waals surface area (Å²) in [5, 5.41) is 1.13. The molecule has 0 N–H and O–H groups in total. The van der Waals surface area contributed by atoms with Crippen molar-refractivity contribution in [3.63, 3.8) is 0 Å². The van der Waals surface area contributed by atoms with E-state index < -0.39 is 9.84 Å². The zero-order valence-electron chi connectivity index (χ0n) is 13.4. The van der Waals surface area contributed by atoms with Gasteiger partial charge in [0.1, 0.15) is 16.4 Å². The van der Waals surface area contributed by atoms with E-state index in [1.54, 1.807) is 14.0 Å². The van der Waals surface area contributed by atoms with E-state index >= 15 is 0 Å². The Morgan fingerprint density at radius 3 is 2.59 bits per heavy atom. The molecule has 0 bridgehead atoms. The van der Waals surface area contributed by atoms with Crippen LogP contribution < -0.4 is 0 Å². The number of carbonyl (C=O) groups is 1. The van der Waals surface area contributed by atoms with Gasteiger partial charge in [0.15, 0.2) is 0 Å². The number of hydrogen-bond acceptors (Lipinski definition) is 3. The lowest BCUT2D eigenvalue weighted by atomic mass is 10.2. The Morgan fingerprint density at radius 1 is 1.32 bits per heavy atom. The summed E-state index contributed by atoms with van der Waals surface area (Å²) in [6.45, 7) is 3.97. The highest BCUT2D eigenvalue weighted by Gasteiger charge is 2.20. The lowest BCUT2D eigenvalue weighted by Crippen LogP contribution is -2.40. The maximum Gasteiger partial charge on any atom is 0.242 e. The molecule has 2 aromatic rings. The molecule has 0 radical (unpaired) electrons. The topological polar surface area (TPSA) is 59.4 Å². The number of para-hydroxylation sites is 1. The summed E-state index contributed by atoms with van der Waals surface area (Å²) in [6, 6.07) is 7.59. The van der Waals surface area contributed by atoms with Gasteiger partial charge in [0.05, 0.1) is 5.75 Å². The normalized spacial score (nSPS) is 13.3.